The van der Waals surface area contributed by atoms with Crippen molar-refractivity contribution < 1.29 is 0 Å². The van der Waals surface area contributed by atoms with Crippen molar-refractivity contribution in [1.29, 1.82) is 0 Å². The van der Waals surface area contributed by atoms with Crippen molar-refractivity contribution in [3.05, 3.63) is 0 Å². The number of hydrogen-bond donors (Lipinski definition) is 1. The van der Waals surface area contributed by atoms with Crippen LogP contribution in [0.1, 0.15) is 46.0 Å². The van der Waals surface area contributed by atoms with Crippen molar-refractivity contribution in [3.8, 4) is 0 Å². The van der Waals surface area contributed by atoms with Gasteiger partial charge < -0.3 is 5.32 Å². The van der Waals surface area contributed by atoms with E-state index in [1.54, 1.807) is 0 Å². The molecule has 110 valence electrons. The molecule has 3 saturated heterocycles. The molecular formula is C16H31N3. The zero-order valence-corrected chi connectivity index (χ0v) is 12.8. The summed E-state index contributed by atoms with van der Waals surface area (Å²) in [5.74, 6) is 0.809. The second kappa shape index (κ2) is 6.11. The fraction of sp³-hybridized carbons (Fsp3) is 1.00. The van der Waals surface area contributed by atoms with Gasteiger partial charge in [0.1, 0.15) is 0 Å². The van der Waals surface area contributed by atoms with E-state index in [1.165, 1.54) is 64.8 Å². The topological polar surface area (TPSA) is 18.5 Å². The predicted molar refractivity (Wildman–Crippen MR) is 80.4 cm³/mol. The first-order chi connectivity index (χ1) is 9.24. The highest BCUT2D eigenvalue weighted by molar-refractivity contribution is 4.98. The molecule has 0 amide bonds. The molecule has 3 nitrogen and oxygen atoms in total. The maximum atomic E-state index is 3.77. The number of hydrogen-bond acceptors (Lipinski definition) is 3. The van der Waals surface area contributed by atoms with Gasteiger partial charge >= 0.3 is 0 Å². The predicted octanol–water partition coefficient (Wildman–Crippen LogP) is 1.93. The largest absolute Gasteiger partial charge is 0.313 e. The summed E-state index contributed by atoms with van der Waals surface area (Å²) >= 11 is 0. The van der Waals surface area contributed by atoms with E-state index < -0.39 is 0 Å². The van der Waals surface area contributed by atoms with Crippen LogP contribution in [0.5, 0.6) is 0 Å². The van der Waals surface area contributed by atoms with Gasteiger partial charge in [-0.25, -0.2) is 0 Å². The second-order valence-electron chi connectivity index (χ2n) is 7.23. The minimum absolute atomic E-state index is 0.720. The zero-order chi connectivity index (χ0) is 13.2. The molecule has 0 aromatic carbocycles. The van der Waals surface area contributed by atoms with Gasteiger partial charge in [-0.05, 0) is 57.7 Å². The first kappa shape index (κ1) is 13.8. The van der Waals surface area contributed by atoms with Gasteiger partial charge in [0.2, 0.25) is 0 Å². The third-order valence-corrected chi connectivity index (χ3v) is 5.31. The SMILES string of the molecule is CC(C)CC1CN(C2CCN3CCCC23)CCCN1. The van der Waals surface area contributed by atoms with E-state index in [4.69, 9.17) is 0 Å². The Hall–Kier alpha value is -0.120. The van der Waals surface area contributed by atoms with Crippen LogP contribution in [-0.4, -0.2) is 60.6 Å². The maximum absolute atomic E-state index is 3.77. The molecule has 3 aliphatic rings. The van der Waals surface area contributed by atoms with Crippen LogP contribution in [0.3, 0.4) is 0 Å². The van der Waals surface area contributed by atoms with Gasteiger partial charge in [-0.2, -0.15) is 0 Å². The molecule has 3 atom stereocenters. The first-order valence-corrected chi connectivity index (χ1v) is 8.45. The molecule has 0 aromatic heterocycles. The number of rotatable bonds is 3. The van der Waals surface area contributed by atoms with Crippen molar-refractivity contribution >= 4 is 0 Å². The van der Waals surface area contributed by atoms with Crippen LogP contribution in [-0.2, 0) is 0 Å². The van der Waals surface area contributed by atoms with Crippen molar-refractivity contribution in [2.45, 2.75) is 64.1 Å². The Morgan fingerprint density at radius 1 is 1.00 bits per heavy atom. The quantitative estimate of drug-likeness (QED) is 0.841. The van der Waals surface area contributed by atoms with Crippen LogP contribution in [0.25, 0.3) is 0 Å². The Bertz CT molecular complexity index is 292. The van der Waals surface area contributed by atoms with E-state index in [9.17, 15) is 0 Å². The van der Waals surface area contributed by atoms with Crippen LogP contribution in [0.15, 0.2) is 0 Å². The molecule has 3 heteroatoms. The molecule has 0 bridgehead atoms. The third-order valence-electron chi connectivity index (χ3n) is 5.31. The Morgan fingerprint density at radius 3 is 2.63 bits per heavy atom. The van der Waals surface area contributed by atoms with Crippen LogP contribution >= 0.6 is 0 Å². The third kappa shape index (κ3) is 3.14. The fourth-order valence-corrected chi connectivity index (χ4v) is 4.54. The van der Waals surface area contributed by atoms with Crippen molar-refractivity contribution in [2.75, 3.05) is 32.7 Å². The minimum atomic E-state index is 0.720. The fourth-order valence-electron chi connectivity index (χ4n) is 4.54. The van der Waals surface area contributed by atoms with Crippen LogP contribution in [0, 0.1) is 5.92 Å². The highest BCUT2D eigenvalue weighted by Crippen LogP contribution is 2.32. The van der Waals surface area contributed by atoms with Gasteiger partial charge in [0.15, 0.2) is 0 Å². The molecule has 1 N–H and O–H groups in total. The lowest BCUT2D eigenvalue weighted by Crippen LogP contribution is -2.47. The molecule has 0 spiro atoms. The molecule has 0 saturated carbocycles. The number of nitrogens with zero attached hydrogens (tertiary/aromatic N) is 2. The molecule has 0 aliphatic carbocycles. The lowest BCUT2D eigenvalue weighted by atomic mass is 10.0. The lowest BCUT2D eigenvalue weighted by Gasteiger charge is -2.34. The Labute approximate surface area is 118 Å². The maximum Gasteiger partial charge on any atom is 0.0264 e. The van der Waals surface area contributed by atoms with E-state index >= 15 is 0 Å². The molecule has 0 radical (unpaired) electrons. The standard InChI is InChI=1S/C16H31N3/c1-13(2)11-14-12-19(9-4-7-17-14)16-6-10-18-8-3-5-15(16)18/h13-17H,3-12H2,1-2H3. The lowest BCUT2D eigenvalue weighted by molar-refractivity contribution is 0.153. The molecule has 0 aromatic rings. The van der Waals surface area contributed by atoms with Gasteiger partial charge in [-0.15, -0.1) is 0 Å². The molecule has 19 heavy (non-hydrogen) atoms. The Kier molecular flexibility index (Phi) is 4.45. The van der Waals surface area contributed by atoms with Crippen molar-refractivity contribution in [3.63, 3.8) is 0 Å². The summed E-state index contributed by atoms with van der Waals surface area (Å²) in [6.07, 6.45) is 6.96. The number of fused-ring (bicyclic) bond motifs is 1. The summed E-state index contributed by atoms with van der Waals surface area (Å²) in [6, 6.07) is 2.47. The van der Waals surface area contributed by atoms with Gasteiger partial charge in [-0.3, -0.25) is 9.80 Å². The van der Waals surface area contributed by atoms with Gasteiger partial charge in [0.05, 0.1) is 0 Å². The van der Waals surface area contributed by atoms with E-state index in [1.807, 2.05) is 0 Å². The normalized spacial score (nSPS) is 37.7. The van der Waals surface area contributed by atoms with Crippen molar-refractivity contribution in [2.24, 2.45) is 5.92 Å². The average Bonchev–Trinajstić information content (AvgIpc) is 2.88. The van der Waals surface area contributed by atoms with Crippen LogP contribution in [0.2, 0.25) is 0 Å². The summed E-state index contributed by atoms with van der Waals surface area (Å²) in [6.45, 7) is 11.2. The van der Waals surface area contributed by atoms with E-state index in [-0.39, 0.29) is 0 Å². The summed E-state index contributed by atoms with van der Waals surface area (Å²) in [4.78, 5) is 5.59. The van der Waals surface area contributed by atoms with E-state index in [2.05, 4.69) is 29.0 Å². The summed E-state index contributed by atoms with van der Waals surface area (Å²) in [5.41, 5.74) is 0. The van der Waals surface area contributed by atoms with Crippen LogP contribution < -0.4 is 5.32 Å². The highest BCUT2D eigenvalue weighted by atomic mass is 15.3. The molecular weight excluding hydrogens is 234 g/mol. The van der Waals surface area contributed by atoms with Gasteiger partial charge in [-0.1, -0.05) is 13.8 Å². The summed E-state index contributed by atoms with van der Waals surface area (Å²) in [5, 5.41) is 3.77. The summed E-state index contributed by atoms with van der Waals surface area (Å²) < 4.78 is 0. The van der Waals surface area contributed by atoms with Crippen LogP contribution in [0.4, 0.5) is 0 Å². The first-order valence-electron chi connectivity index (χ1n) is 8.45. The van der Waals surface area contributed by atoms with Gasteiger partial charge in [0, 0.05) is 31.2 Å². The molecule has 3 heterocycles. The smallest absolute Gasteiger partial charge is 0.0264 e. The summed E-state index contributed by atoms with van der Waals surface area (Å²) in [7, 11) is 0. The van der Waals surface area contributed by atoms with E-state index in [0.717, 1.165) is 24.0 Å². The average molecular weight is 265 g/mol. The Morgan fingerprint density at radius 2 is 1.79 bits per heavy atom. The molecule has 3 rings (SSSR count). The number of nitrogens with one attached hydrogen (secondary N) is 1. The van der Waals surface area contributed by atoms with Gasteiger partial charge in [0.25, 0.3) is 0 Å². The highest BCUT2D eigenvalue weighted by Gasteiger charge is 2.40. The van der Waals surface area contributed by atoms with Crippen molar-refractivity contribution in [1.82, 2.24) is 15.1 Å². The Balaban J connectivity index is 1.62. The zero-order valence-electron chi connectivity index (χ0n) is 12.8. The minimum Gasteiger partial charge on any atom is -0.313 e. The van der Waals surface area contributed by atoms with E-state index in [0.29, 0.717) is 0 Å². The molecule has 3 unspecified atom stereocenters. The molecule has 3 aliphatic heterocycles. The second-order valence-corrected chi connectivity index (χ2v) is 7.23. The monoisotopic (exact) mass is 265 g/mol. The molecule has 3 fully saturated rings.